The molecular weight excluding hydrogens is 224 g/mol. The minimum absolute atomic E-state index is 0.739. The zero-order valence-electron chi connectivity index (χ0n) is 7.62. The minimum atomic E-state index is -2.65. The van der Waals surface area contributed by atoms with E-state index in [0.717, 1.165) is 12.2 Å². The fraction of sp³-hybridized carbons (Fsp3) is 0.250. The first-order chi connectivity index (χ1) is 6.83. The number of esters is 2. The van der Waals surface area contributed by atoms with Crippen molar-refractivity contribution < 1.29 is 29.3 Å². The van der Waals surface area contributed by atoms with Gasteiger partial charge in [0, 0.05) is 12.2 Å². The van der Waals surface area contributed by atoms with Gasteiger partial charge >= 0.3 is 17.1 Å². The lowest BCUT2D eigenvalue weighted by Gasteiger charge is -2.25. The molecule has 0 aliphatic heterocycles. The van der Waals surface area contributed by atoms with E-state index in [0.29, 0.717) is 0 Å². The lowest BCUT2D eigenvalue weighted by atomic mass is 10.5. The number of aliphatic hydroxyl groups is 2. The Morgan fingerprint density at radius 2 is 1.80 bits per heavy atom. The third-order valence-corrected chi connectivity index (χ3v) is 1.45. The maximum absolute atomic E-state index is 10.7. The topological polar surface area (TPSA) is 93.1 Å². The van der Waals surface area contributed by atoms with E-state index in [2.05, 4.69) is 35.3 Å². The Bertz CT molecular complexity index is 285. The zero-order valence-corrected chi connectivity index (χ0v) is 8.52. The van der Waals surface area contributed by atoms with Crippen molar-refractivity contribution in [2.75, 3.05) is 0 Å². The Hall–Kier alpha value is -1.31. The Kier molecular flexibility index (Phi) is 5.06. The number of carbonyl (C=O) groups excluding carboxylic acids is 2. The van der Waals surface area contributed by atoms with E-state index in [9.17, 15) is 14.7 Å². The van der Waals surface area contributed by atoms with Crippen molar-refractivity contribution in [2.24, 2.45) is 0 Å². The summed E-state index contributed by atoms with van der Waals surface area (Å²) < 4.78 is 8.37. The maximum atomic E-state index is 10.7. The molecule has 84 valence electrons. The van der Waals surface area contributed by atoms with Gasteiger partial charge in [0.15, 0.2) is 0 Å². The number of hydrogen-bond acceptors (Lipinski definition) is 7. The molecule has 2 unspecified atom stereocenters. The monoisotopic (exact) mass is 234 g/mol. The second-order valence-corrected chi connectivity index (χ2v) is 2.92. The van der Waals surface area contributed by atoms with Crippen LogP contribution < -0.4 is 0 Å². The van der Waals surface area contributed by atoms with Crippen LogP contribution in [0.1, 0.15) is 0 Å². The average Bonchev–Trinajstić information content (AvgIpc) is 2.16. The molecule has 15 heavy (non-hydrogen) atoms. The van der Waals surface area contributed by atoms with Crippen molar-refractivity contribution >= 4 is 24.6 Å². The summed E-state index contributed by atoms with van der Waals surface area (Å²) in [4.78, 5) is 21.3. The summed E-state index contributed by atoms with van der Waals surface area (Å²) in [5.41, 5.74) is 0. The number of rotatable bonds is 5. The van der Waals surface area contributed by atoms with Crippen molar-refractivity contribution in [1.29, 1.82) is 0 Å². The van der Waals surface area contributed by atoms with Crippen LogP contribution in [0.15, 0.2) is 25.3 Å². The van der Waals surface area contributed by atoms with Gasteiger partial charge in [0.25, 0.3) is 6.29 Å². The Morgan fingerprint density at radius 1 is 1.33 bits per heavy atom. The van der Waals surface area contributed by atoms with Gasteiger partial charge in [-0.3, -0.25) is 0 Å². The molecule has 2 atom stereocenters. The molecule has 0 aromatic heterocycles. The van der Waals surface area contributed by atoms with Crippen molar-refractivity contribution in [2.45, 2.75) is 11.4 Å². The van der Waals surface area contributed by atoms with Crippen LogP contribution in [0.2, 0.25) is 0 Å². The molecule has 7 heteroatoms. The third-order valence-electron chi connectivity index (χ3n) is 1.13. The van der Waals surface area contributed by atoms with Crippen LogP contribution >= 0.6 is 12.6 Å². The van der Waals surface area contributed by atoms with Gasteiger partial charge < -0.3 is 19.7 Å². The summed E-state index contributed by atoms with van der Waals surface area (Å²) in [5, 5.41) is 15.7. The van der Waals surface area contributed by atoms with Crippen LogP contribution in [0, 0.1) is 0 Å². The fourth-order valence-corrected chi connectivity index (χ4v) is 0.618. The third kappa shape index (κ3) is 4.63. The second-order valence-electron chi connectivity index (χ2n) is 2.28. The molecule has 0 rings (SSSR count). The van der Waals surface area contributed by atoms with Crippen molar-refractivity contribution in [3.05, 3.63) is 25.3 Å². The lowest BCUT2D eigenvalue weighted by Crippen LogP contribution is -2.43. The smallest absolute Gasteiger partial charge is 0.333 e. The van der Waals surface area contributed by atoms with Crippen LogP contribution in [0.25, 0.3) is 0 Å². The summed E-state index contributed by atoms with van der Waals surface area (Å²) in [7, 11) is 0. The first-order valence-electron chi connectivity index (χ1n) is 3.64. The van der Waals surface area contributed by atoms with E-state index >= 15 is 0 Å². The highest BCUT2D eigenvalue weighted by Gasteiger charge is 2.38. The Balaban J connectivity index is 4.43. The van der Waals surface area contributed by atoms with Gasteiger partial charge in [0.1, 0.15) is 0 Å². The van der Waals surface area contributed by atoms with Gasteiger partial charge in [0.05, 0.1) is 0 Å². The fourth-order valence-electron chi connectivity index (χ4n) is 0.475. The highest BCUT2D eigenvalue weighted by atomic mass is 32.1. The van der Waals surface area contributed by atoms with Crippen LogP contribution in [0.3, 0.4) is 0 Å². The van der Waals surface area contributed by atoms with Crippen LogP contribution in [-0.2, 0) is 19.1 Å². The Morgan fingerprint density at radius 3 is 2.20 bits per heavy atom. The van der Waals surface area contributed by atoms with E-state index in [1.165, 1.54) is 0 Å². The number of thiol groups is 1. The van der Waals surface area contributed by atoms with Gasteiger partial charge in [-0.25, -0.2) is 9.59 Å². The summed E-state index contributed by atoms with van der Waals surface area (Å²) >= 11 is 3.39. The summed E-state index contributed by atoms with van der Waals surface area (Å²) in [6.07, 6.45) is -0.652. The van der Waals surface area contributed by atoms with E-state index in [1.54, 1.807) is 0 Å². The van der Waals surface area contributed by atoms with Crippen LogP contribution in [0.4, 0.5) is 0 Å². The predicted molar refractivity (Wildman–Crippen MR) is 52.5 cm³/mol. The van der Waals surface area contributed by atoms with Gasteiger partial charge in [-0.15, -0.1) is 0 Å². The van der Waals surface area contributed by atoms with Crippen molar-refractivity contribution in [3.8, 4) is 0 Å². The normalized spacial score (nSPS) is 15.7. The molecule has 0 amide bonds. The number of carbonyl (C=O) groups is 2. The molecule has 0 saturated carbocycles. The molecule has 0 aromatic carbocycles. The van der Waals surface area contributed by atoms with Crippen molar-refractivity contribution in [1.82, 2.24) is 0 Å². The van der Waals surface area contributed by atoms with Gasteiger partial charge in [-0.05, 0) is 0 Å². The van der Waals surface area contributed by atoms with Gasteiger partial charge in [-0.2, -0.15) is 0 Å². The standard InChI is InChI=1S/C8H10O6S/c1-3-5(9)13-7(11)8(12,15)14-6(10)4-2/h3-4,7,11-12,15H,1-2H2. The number of hydrogen-bond donors (Lipinski definition) is 3. The molecule has 0 fully saturated rings. The van der Waals surface area contributed by atoms with E-state index in [4.69, 9.17) is 5.11 Å². The largest absolute Gasteiger partial charge is 0.424 e. The number of aliphatic hydroxyl groups excluding tert-OH is 1. The SMILES string of the molecule is C=CC(=O)OC(O)C(O)(S)OC(=O)C=C. The second kappa shape index (κ2) is 5.54. The zero-order chi connectivity index (χ0) is 12.1. The van der Waals surface area contributed by atoms with E-state index in [-0.39, 0.29) is 0 Å². The van der Waals surface area contributed by atoms with E-state index in [1.807, 2.05) is 0 Å². The molecule has 2 N–H and O–H groups in total. The highest BCUT2D eigenvalue weighted by molar-refractivity contribution is 7.81. The van der Waals surface area contributed by atoms with Crippen LogP contribution in [-0.4, -0.2) is 33.6 Å². The highest BCUT2D eigenvalue weighted by Crippen LogP contribution is 2.19. The molecule has 0 bridgehead atoms. The average molecular weight is 234 g/mol. The lowest BCUT2D eigenvalue weighted by molar-refractivity contribution is -0.254. The van der Waals surface area contributed by atoms with E-state index < -0.39 is 23.3 Å². The maximum Gasteiger partial charge on any atom is 0.333 e. The molecule has 0 radical (unpaired) electrons. The van der Waals surface area contributed by atoms with Gasteiger partial charge in [0.2, 0.25) is 0 Å². The Labute approximate surface area is 91.2 Å². The van der Waals surface area contributed by atoms with Crippen LogP contribution in [0.5, 0.6) is 0 Å². The minimum Gasteiger partial charge on any atom is -0.424 e. The quantitative estimate of drug-likeness (QED) is 0.253. The predicted octanol–water partition coefficient (Wildman–Crippen LogP) is -0.661. The molecule has 0 spiro atoms. The molecule has 0 aliphatic carbocycles. The molecular formula is C8H10O6S. The summed E-state index contributed by atoms with van der Waals surface area (Å²) in [6, 6.07) is 0. The van der Waals surface area contributed by atoms with Crippen molar-refractivity contribution in [3.63, 3.8) is 0 Å². The molecule has 0 heterocycles. The molecule has 0 saturated heterocycles. The van der Waals surface area contributed by atoms with Gasteiger partial charge in [-0.1, -0.05) is 25.8 Å². The molecule has 0 aliphatic rings. The summed E-state index contributed by atoms with van der Waals surface area (Å²) in [5.74, 6) is -2.05. The molecule has 0 aromatic rings. The summed E-state index contributed by atoms with van der Waals surface area (Å²) in [6.45, 7) is 6.11. The first kappa shape index (κ1) is 13.7. The first-order valence-corrected chi connectivity index (χ1v) is 4.09. The molecule has 6 nitrogen and oxygen atoms in total. The number of ether oxygens (including phenoxy) is 2.